The molecule has 96 valence electrons. The fraction of sp³-hybridized carbons (Fsp3) is 0.538. The van der Waals surface area contributed by atoms with E-state index in [9.17, 15) is 0 Å². The molecule has 0 radical (unpaired) electrons. The Labute approximate surface area is 119 Å². The van der Waals surface area contributed by atoms with Gasteiger partial charge in [0.15, 0.2) is 0 Å². The molecule has 0 saturated heterocycles. The highest BCUT2D eigenvalue weighted by molar-refractivity contribution is 6.35. The van der Waals surface area contributed by atoms with Gasteiger partial charge in [-0.2, -0.15) is 0 Å². The van der Waals surface area contributed by atoms with Crippen molar-refractivity contribution >= 4 is 35.6 Å². The molecule has 1 aromatic carbocycles. The number of ether oxygens (including phenoxy) is 1. The topological polar surface area (TPSA) is 9.23 Å². The quantitative estimate of drug-likeness (QED) is 0.738. The molecule has 0 aliphatic heterocycles. The summed E-state index contributed by atoms with van der Waals surface area (Å²) in [6.45, 7) is 0.531. The summed E-state index contributed by atoms with van der Waals surface area (Å²) < 4.78 is 5.86. The number of benzene rings is 1. The minimum Gasteiger partial charge on any atom is -0.373 e. The Hall–Kier alpha value is 0.0500. The van der Waals surface area contributed by atoms with E-state index in [4.69, 9.17) is 27.9 Å². The van der Waals surface area contributed by atoms with E-state index < -0.39 is 0 Å². The van der Waals surface area contributed by atoms with Crippen LogP contribution in [0.3, 0.4) is 0 Å². The minimum absolute atomic E-state index is 0. The van der Waals surface area contributed by atoms with Crippen molar-refractivity contribution in [3.63, 3.8) is 0 Å². The van der Waals surface area contributed by atoms with Crippen LogP contribution in [-0.4, -0.2) is 6.10 Å². The van der Waals surface area contributed by atoms with E-state index in [0.717, 1.165) is 5.56 Å². The van der Waals surface area contributed by atoms with E-state index in [0.29, 0.717) is 22.8 Å². The summed E-state index contributed by atoms with van der Waals surface area (Å²) >= 11 is 12.2. The number of hydrogen-bond donors (Lipinski definition) is 0. The fourth-order valence-electron chi connectivity index (χ4n) is 2.10. The summed E-state index contributed by atoms with van der Waals surface area (Å²) in [5.74, 6) is 0. The van der Waals surface area contributed by atoms with Gasteiger partial charge in [0, 0.05) is 15.6 Å². The number of hydrogen-bond acceptors (Lipinski definition) is 1. The monoisotopic (exact) mass is 294 g/mol. The highest BCUT2D eigenvalue weighted by Crippen LogP contribution is 2.27. The zero-order valence-electron chi connectivity index (χ0n) is 9.62. The Morgan fingerprint density at radius 2 is 1.65 bits per heavy atom. The van der Waals surface area contributed by atoms with Crippen LogP contribution in [0.15, 0.2) is 18.2 Å². The van der Waals surface area contributed by atoms with Crippen molar-refractivity contribution in [1.29, 1.82) is 0 Å². The largest absolute Gasteiger partial charge is 0.373 e. The zero-order chi connectivity index (χ0) is 11.4. The van der Waals surface area contributed by atoms with Crippen molar-refractivity contribution in [2.75, 3.05) is 0 Å². The molecule has 0 unspecified atom stereocenters. The lowest BCUT2D eigenvalue weighted by atomic mass is 9.98. The summed E-state index contributed by atoms with van der Waals surface area (Å²) in [5, 5.41) is 1.40. The molecule has 1 saturated carbocycles. The molecule has 4 heteroatoms. The first-order valence-electron chi connectivity index (χ1n) is 5.82. The third-order valence-electron chi connectivity index (χ3n) is 3.08. The fourth-order valence-corrected chi connectivity index (χ4v) is 2.61. The van der Waals surface area contributed by atoms with Gasteiger partial charge in [0.25, 0.3) is 0 Å². The van der Waals surface area contributed by atoms with E-state index >= 15 is 0 Å². The van der Waals surface area contributed by atoms with Crippen molar-refractivity contribution in [2.45, 2.75) is 44.8 Å². The van der Waals surface area contributed by atoms with Crippen LogP contribution >= 0.6 is 35.6 Å². The number of rotatable bonds is 3. The van der Waals surface area contributed by atoms with Gasteiger partial charge in [0.05, 0.1) is 12.7 Å². The maximum atomic E-state index is 6.08. The summed E-state index contributed by atoms with van der Waals surface area (Å²) in [7, 11) is 0. The molecule has 1 aliphatic rings. The van der Waals surface area contributed by atoms with Gasteiger partial charge in [0.1, 0.15) is 0 Å². The predicted molar refractivity (Wildman–Crippen MR) is 75.4 cm³/mol. The van der Waals surface area contributed by atoms with E-state index in [1.165, 1.54) is 32.1 Å². The minimum atomic E-state index is 0. The summed E-state index contributed by atoms with van der Waals surface area (Å²) in [5.41, 5.74) is 0.913. The first-order valence-corrected chi connectivity index (χ1v) is 6.57. The van der Waals surface area contributed by atoms with Crippen molar-refractivity contribution in [3.8, 4) is 0 Å². The molecule has 1 fully saturated rings. The average Bonchev–Trinajstić information content (AvgIpc) is 2.30. The van der Waals surface area contributed by atoms with Gasteiger partial charge >= 0.3 is 0 Å². The zero-order valence-corrected chi connectivity index (χ0v) is 12.0. The molecular weight excluding hydrogens is 279 g/mol. The maximum absolute atomic E-state index is 6.08. The smallest absolute Gasteiger partial charge is 0.0749 e. The molecule has 1 aromatic rings. The van der Waals surface area contributed by atoms with Gasteiger partial charge in [-0.25, -0.2) is 0 Å². The molecule has 0 aromatic heterocycles. The highest BCUT2D eigenvalue weighted by Gasteiger charge is 2.15. The highest BCUT2D eigenvalue weighted by atomic mass is 35.5. The van der Waals surface area contributed by atoms with E-state index in [1.807, 2.05) is 18.2 Å². The second-order valence-electron chi connectivity index (χ2n) is 4.27. The third-order valence-corrected chi connectivity index (χ3v) is 3.79. The van der Waals surface area contributed by atoms with Crippen LogP contribution in [0.1, 0.15) is 37.7 Å². The third kappa shape index (κ3) is 4.33. The molecule has 1 nitrogen and oxygen atoms in total. The Kier molecular flexibility index (Phi) is 6.65. The molecule has 0 amide bonds. The Balaban J connectivity index is 0.00000144. The van der Waals surface area contributed by atoms with Gasteiger partial charge in [-0.05, 0) is 25.0 Å². The SMILES string of the molecule is Cl.Clc1cccc(Cl)c1COC1CCCCC1. The summed E-state index contributed by atoms with van der Waals surface area (Å²) in [6, 6.07) is 5.56. The lowest BCUT2D eigenvalue weighted by Gasteiger charge is -2.22. The van der Waals surface area contributed by atoms with Crippen molar-refractivity contribution in [3.05, 3.63) is 33.8 Å². The second kappa shape index (κ2) is 7.48. The lowest BCUT2D eigenvalue weighted by Crippen LogP contribution is -2.16. The standard InChI is InChI=1S/C13H16Cl2O.ClH/c14-12-7-4-8-13(15)11(12)9-16-10-5-2-1-3-6-10;/h4,7-8,10H,1-3,5-6,9H2;1H. The summed E-state index contributed by atoms with van der Waals surface area (Å²) in [6.07, 6.45) is 6.62. The molecule has 0 spiro atoms. The van der Waals surface area contributed by atoms with Crippen LogP contribution in [0.5, 0.6) is 0 Å². The summed E-state index contributed by atoms with van der Waals surface area (Å²) in [4.78, 5) is 0. The Morgan fingerprint density at radius 3 is 2.24 bits per heavy atom. The molecular formula is C13H17Cl3O. The van der Waals surface area contributed by atoms with Gasteiger partial charge in [-0.15, -0.1) is 12.4 Å². The first kappa shape index (κ1) is 15.1. The lowest BCUT2D eigenvalue weighted by molar-refractivity contribution is 0.0169. The molecule has 2 rings (SSSR count). The van der Waals surface area contributed by atoms with Gasteiger partial charge in [0.2, 0.25) is 0 Å². The Bertz CT molecular complexity index is 328. The average molecular weight is 296 g/mol. The van der Waals surface area contributed by atoms with E-state index in [2.05, 4.69) is 0 Å². The maximum Gasteiger partial charge on any atom is 0.0749 e. The second-order valence-corrected chi connectivity index (χ2v) is 5.09. The van der Waals surface area contributed by atoms with Crippen LogP contribution in [0.2, 0.25) is 10.0 Å². The van der Waals surface area contributed by atoms with Crippen LogP contribution < -0.4 is 0 Å². The molecule has 0 heterocycles. The Morgan fingerprint density at radius 1 is 1.06 bits per heavy atom. The van der Waals surface area contributed by atoms with Crippen molar-refractivity contribution in [1.82, 2.24) is 0 Å². The molecule has 1 aliphatic carbocycles. The van der Waals surface area contributed by atoms with Crippen molar-refractivity contribution in [2.24, 2.45) is 0 Å². The van der Waals surface area contributed by atoms with Crippen LogP contribution in [0, 0.1) is 0 Å². The van der Waals surface area contributed by atoms with E-state index in [1.54, 1.807) is 0 Å². The van der Waals surface area contributed by atoms with Gasteiger partial charge in [-0.1, -0.05) is 48.5 Å². The molecule has 17 heavy (non-hydrogen) atoms. The van der Waals surface area contributed by atoms with Crippen LogP contribution in [-0.2, 0) is 11.3 Å². The van der Waals surface area contributed by atoms with Gasteiger partial charge < -0.3 is 4.74 Å². The number of halogens is 3. The predicted octanol–water partition coefficient (Wildman–Crippen LogP) is 5.26. The molecule has 0 bridgehead atoms. The molecule has 0 atom stereocenters. The van der Waals surface area contributed by atoms with Gasteiger partial charge in [-0.3, -0.25) is 0 Å². The van der Waals surface area contributed by atoms with E-state index in [-0.39, 0.29) is 12.4 Å². The van der Waals surface area contributed by atoms with Crippen molar-refractivity contribution < 1.29 is 4.74 Å². The van der Waals surface area contributed by atoms with Crippen LogP contribution in [0.25, 0.3) is 0 Å². The normalized spacial score (nSPS) is 16.6. The first-order chi connectivity index (χ1) is 7.77. The van der Waals surface area contributed by atoms with Crippen LogP contribution in [0.4, 0.5) is 0 Å². The molecule has 0 N–H and O–H groups in total.